The van der Waals surface area contributed by atoms with Gasteiger partial charge in [-0.25, -0.2) is 0 Å². The summed E-state index contributed by atoms with van der Waals surface area (Å²) in [5.74, 6) is 0.455. The number of aryl methyl sites for hydroxylation is 1. The molecule has 0 saturated carbocycles. The molecule has 0 radical (unpaired) electrons. The average Bonchev–Trinajstić information content (AvgIpc) is 2.48. The van der Waals surface area contributed by atoms with Crippen LogP contribution >= 0.6 is 0 Å². The summed E-state index contributed by atoms with van der Waals surface area (Å²) in [5, 5.41) is 0. The standard InChI is InChI=1S/C17H28OSi/c1-4-19(5-2,6-3)15-14-17(18)13-12-16-10-8-7-9-11-16/h7-11H,4-6,12-15H2,1-3H3. The van der Waals surface area contributed by atoms with Crippen LogP contribution in [0.4, 0.5) is 0 Å². The van der Waals surface area contributed by atoms with Gasteiger partial charge in [-0.05, 0) is 12.0 Å². The highest BCUT2D eigenvalue weighted by atomic mass is 28.3. The molecule has 0 heterocycles. The normalized spacial score (nSPS) is 11.5. The maximum atomic E-state index is 12.0. The lowest BCUT2D eigenvalue weighted by Crippen LogP contribution is -2.31. The topological polar surface area (TPSA) is 17.1 Å². The van der Waals surface area contributed by atoms with Crippen LogP contribution in [0.5, 0.6) is 0 Å². The van der Waals surface area contributed by atoms with Gasteiger partial charge >= 0.3 is 0 Å². The molecule has 0 fully saturated rings. The number of hydrogen-bond acceptors (Lipinski definition) is 1. The summed E-state index contributed by atoms with van der Waals surface area (Å²) in [4.78, 5) is 12.0. The Kier molecular flexibility index (Phi) is 7.07. The van der Waals surface area contributed by atoms with Crippen LogP contribution < -0.4 is 0 Å². The van der Waals surface area contributed by atoms with E-state index in [1.807, 2.05) is 18.2 Å². The highest BCUT2D eigenvalue weighted by Crippen LogP contribution is 2.26. The van der Waals surface area contributed by atoms with Crippen molar-refractivity contribution < 1.29 is 4.79 Å². The molecule has 0 atom stereocenters. The third-order valence-corrected chi connectivity index (χ3v) is 10.5. The number of benzene rings is 1. The van der Waals surface area contributed by atoms with Crippen molar-refractivity contribution in [1.29, 1.82) is 0 Å². The zero-order valence-corrected chi connectivity index (χ0v) is 13.7. The highest BCUT2D eigenvalue weighted by molar-refractivity contribution is 6.79. The summed E-state index contributed by atoms with van der Waals surface area (Å²) >= 11 is 0. The van der Waals surface area contributed by atoms with Gasteiger partial charge in [-0.15, -0.1) is 0 Å². The number of hydrogen-bond donors (Lipinski definition) is 0. The number of Topliss-reactive ketones (excluding diaryl/α,β-unsaturated/α-hetero) is 1. The molecular weight excluding hydrogens is 248 g/mol. The van der Waals surface area contributed by atoms with Crippen LogP contribution in [0.25, 0.3) is 0 Å². The van der Waals surface area contributed by atoms with Gasteiger partial charge in [0.25, 0.3) is 0 Å². The van der Waals surface area contributed by atoms with Crippen LogP contribution in [0.1, 0.15) is 39.2 Å². The van der Waals surface area contributed by atoms with Crippen LogP contribution in [0.2, 0.25) is 24.2 Å². The summed E-state index contributed by atoms with van der Waals surface area (Å²) in [6, 6.07) is 15.5. The SMILES string of the molecule is CC[Si](CC)(CC)CCC(=O)CCc1ccccc1. The largest absolute Gasteiger partial charge is 0.300 e. The molecule has 2 heteroatoms. The minimum absolute atomic E-state index is 0.455. The second-order valence-corrected chi connectivity index (χ2v) is 11.2. The average molecular weight is 276 g/mol. The second kappa shape index (κ2) is 8.31. The minimum Gasteiger partial charge on any atom is -0.300 e. The first-order valence-corrected chi connectivity index (χ1v) is 10.5. The van der Waals surface area contributed by atoms with Crippen molar-refractivity contribution in [3.8, 4) is 0 Å². The van der Waals surface area contributed by atoms with E-state index in [2.05, 4.69) is 32.9 Å². The van der Waals surface area contributed by atoms with E-state index in [9.17, 15) is 4.79 Å². The third kappa shape index (κ3) is 5.31. The Hall–Kier alpha value is -0.893. The van der Waals surface area contributed by atoms with E-state index in [0.717, 1.165) is 12.8 Å². The molecule has 0 spiro atoms. The predicted molar refractivity (Wildman–Crippen MR) is 86.4 cm³/mol. The molecule has 1 aromatic carbocycles. The predicted octanol–water partition coefficient (Wildman–Crippen LogP) is 5.09. The fourth-order valence-corrected chi connectivity index (χ4v) is 6.11. The van der Waals surface area contributed by atoms with Gasteiger partial charge in [0.15, 0.2) is 0 Å². The van der Waals surface area contributed by atoms with Gasteiger partial charge in [-0.1, -0.05) is 75.3 Å². The molecule has 0 unspecified atom stereocenters. The molecule has 0 bridgehead atoms. The first-order chi connectivity index (χ1) is 9.15. The zero-order chi connectivity index (χ0) is 14.1. The lowest BCUT2D eigenvalue weighted by molar-refractivity contribution is -0.118. The van der Waals surface area contributed by atoms with Crippen LogP contribution in [0.3, 0.4) is 0 Å². The van der Waals surface area contributed by atoms with Gasteiger partial charge in [0.1, 0.15) is 5.78 Å². The summed E-state index contributed by atoms with van der Waals surface area (Å²) < 4.78 is 0. The molecule has 0 aliphatic heterocycles. The molecule has 0 aromatic heterocycles. The van der Waals surface area contributed by atoms with Gasteiger partial charge < -0.3 is 0 Å². The van der Waals surface area contributed by atoms with E-state index in [0.29, 0.717) is 12.2 Å². The van der Waals surface area contributed by atoms with E-state index in [1.54, 1.807) is 0 Å². The van der Waals surface area contributed by atoms with Gasteiger partial charge in [-0.3, -0.25) is 4.79 Å². The molecule has 0 amide bonds. The summed E-state index contributed by atoms with van der Waals surface area (Å²) in [7, 11) is -1.11. The maximum absolute atomic E-state index is 12.0. The van der Waals surface area contributed by atoms with Gasteiger partial charge in [0.05, 0.1) is 8.07 Å². The van der Waals surface area contributed by atoms with Crippen molar-refractivity contribution >= 4 is 13.9 Å². The first kappa shape index (κ1) is 16.2. The lowest BCUT2D eigenvalue weighted by Gasteiger charge is -2.27. The number of rotatable bonds is 9. The summed E-state index contributed by atoms with van der Waals surface area (Å²) in [6.45, 7) is 6.94. The quantitative estimate of drug-likeness (QED) is 0.574. The van der Waals surface area contributed by atoms with E-state index in [1.165, 1.54) is 29.7 Å². The third-order valence-electron chi connectivity index (χ3n) is 4.72. The maximum Gasteiger partial charge on any atom is 0.132 e. The molecule has 106 valence electrons. The van der Waals surface area contributed by atoms with Gasteiger partial charge in [0, 0.05) is 12.8 Å². The van der Waals surface area contributed by atoms with Crippen LogP contribution in [-0.2, 0) is 11.2 Å². The number of carbonyl (C=O) groups excluding carboxylic acids is 1. The van der Waals surface area contributed by atoms with Crippen molar-refractivity contribution in [3.63, 3.8) is 0 Å². The van der Waals surface area contributed by atoms with E-state index >= 15 is 0 Å². The van der Waals surface area contributed by atoms with Gasteiger partial charge in [0.2, 0.25) is 0 Å². The van der Waals surface area contributed by atoms with Crippen molar-refractivity contribution in [3.05, 3.63) is 35.9 Å². The number of ketones is 1. The molecule has 0 aliphatic carbocycles. The van der Waals surface area contributed by atoms with Gasteiger partial charge in [-0.2, -0.15) is 0 Å². The Bertz CT molecular complexity index is 360. The van der Waals surface area contributed by atoms with Crippen LogP contribution in [0.15, 0.2) is 30.3 Å². The zero-order valence-electron chi connectivity index (χ0n) is 12.7. The number of carbonyl (C=O) groups is 1. The Morgan fingerprint density at radius 1 is 0.947 bits per heavy atom. The van der Waals surface area contributed by atoms with E-state index in [4.69, 9.17) is 0 Å². The molecule has 0 aliphatic rings. The Balaban J connectivity index is 2.35. The van der Waals surface area contributed by atoms with E-state index < -0.39 is 8.07 Å². The fourth-order valence-electron chi connectivity index (χ4n) is 2.74. The molecular formula is C17H28OSi. The Labute approximate surface area is 119 Å². The minimum atomic E-state index is -1.11. The Morgan fingerprint density at radius 3 is 2.05 bits per heavy atom. The van der Waals surface area contributed by atoms with Crippen molar-refractivity contribution in [2.24, 2.45) is 0 Å². The highest BCUT2D eigenvalue weighted by Gasteiger charge is 2.26. The summed E-state index contributed by atoms with van der Waals surface area (Å²) in [5.41, 5.74) is 1.28. The fraction of sp³-hybridized carbons (Fsp3) is 0.588. The molecule has 0 saturated heterocycles. The molecule has 1 aromatic rings. The molecule has 1 rings (SSSR count). The molecule has 1 nitrogen and oxygen atoms in total. The second-order valence-electron chi connectivity index (χ2n) is 5.58. The smallest absolute Gasteiger partial charge is 0.132 e. The molecule has 0 N–H and O–H groups in total. The monoisotopic (exact) mass is 276 g/mol. The van der Waals surface area contributed by atoms with Crippen LogP contribution in [0, 0.1) is 0 Å². The van der Waals surface area contributed by atoms with Crippen molar-refractivity contribution in [2.75, 3.05) is 0 Å². The first-order valence-electron chi connectivity index (χ1n) is 7.71. The summed E-state index contributed by atoms with van der Waals surface area (Å²) in [6.07, 6.45) is 2.43. The van der Waals surface area contributed by atoms with E-state index in [-0.39, 0.29) is 0 Å². The van der Waals surface area contributed by atoms with Crippen LogP contribution in [-0.4, -0.2) is 13.9 Å². The Morgan fingerprint density at radius 2 is 1.53 bits per heavy atom. The van der Waals surface area contributed by atoms with Crippen molar-refractivity contribution in [1.82, 2.24) is 0 Å². The molecule has 19 heavy (non-hydrogen) atoms. The lowest BCUT2D eigenvalue weighted by atomic mass is 10.1. The van der Waals surface area contributed by atoms with Crippen molar-refractivity contribution in [2.45, 2.75) is 64.2 Å².